The zero-order valence-corrected chi connectivity index (χ0v) is 15.5. The summed E-state index contributed by atoms with van der Waals surface area (Å²) in [6.07, 6.45) is 0. The van der Waals surface area contributed by atoms with Gasteiger partial charge in [0.25, 0.3) is 0 Å². The third-order valence-corrected chi connectivity index (χ3v) is 6.21. The van der Waals surface area contributed by atoms with Gasteiger partial charge in [0, 0.05) is 38.8 Å². The molecule has 1 amide bonds. The molecule has 7 nitrogen and oxygen atoms in total. The summed E-state index contributed by atoms with van der Waals surface area (Å²) in [5.41, 5.74) is 0. The van der Waals surface area contributed by atoms with Crippen LogP contribution < -0.4 is 5.32 Å². The van der Waals surface area contributed by atoms with Crippen molar-refractivity contribution in [2.24, 2.45) is 0 Å². The van der Waals surface area contributed by atoms with Crippen molar-refractivity contribution in [3.63, 3.8) is 0 Å². The Morgan fingerprint density at radius 3 is 2.46 bits per heavy atom. The average Bonchev–Trinajstić information content (AvgIpc) is 2.61. The normalized spacial score (nSPS) is 21.9. The van der Waals surface area contributed by atoms with E-state index < -0.39 is 32.6 Å². The summed E-state index contributed by atoms with van der Waals surface area (Å²) < 4.78 is 58.2. The number of sulfonamides is 1. The standard InChI is InChI=1S/C15H19F2N3O4S.ClH/c16-11-1-2-14(12(17)9-11)25(22,23)20-6-4-19(5-7-20)15(21)13-10-24-8-3-18-13;/h1-2,9,13,18H,3-8,10H2;1H. The predicted molar refractivity (Wildman–Crippen MR) is 91.6 cm³/mol. The van der Waals surface area contributed by atoms with Crippen LogP contribution in [0.5, 0.6) is 0 Å². The molecule has 2 aliphatic heterocycles. The van der Waals surface area contributed by atoms with Crippen molar-refractivity contribution in [3.8, 4) is 0 Å². The number of morpholine rings is 1. The molecule has 11 heteroatoms. The van der Waals surface area contributed by atoms with Gasteiger partial charge in [-0.3, -0.25) is 4.79 Å². The van der Waals surface area contributed by atoms with Crippen molar-refractivity contribution >= 4 is 28.3 Å². The maximum atomic E-state index is 13.8. The fourth-order valence-electron chi connectivity index (χ4n) is 2.92. The van der Waals surface area contributed by atoms with Gasteiger partial charge in [0.15, 0.2) is 0 Å². The molecule has 2 aliphatic rings. The lowest BCUT2D eigenvalue weighted by atomic mass is 10.2. The highest BCUT2D eigenvalue weighted by Crippen LogP contribution is 2.21. The monoisotopic (exact) mass is 411 g/mol. The summed E-state index contributed by atoms with van der Waals surface area (Å²) in [6.45, 7) is 1.96. The number of nitrogens with zero attached hydrogens (tertiary/aromatic N) is 2. The molecule has 1 unspecified atom stereocenters. The predicted octanol–water partition coefficient (Wildman–Crippen LogP) is 0.208. The van der Waals surface area contributed by atoms with Crippen molar-refractivity contribution in [1.82, 2.24) is 14.5 Å². The minimum atomic E-state index is -4.07. The largest absolute Gasteiger partial charge is 0.378 e. The van der Waals surface area contributed by atoms with E-state index in [0.29, 0.717) is 19.2 Å². The van der Waals surface area contributed by atoms with Crippen LogP contribution in [0.2, 0.25) is 0 Å². The summed E-state index contributed by atoms with van der Waals surface area (Å²) in [5, 5.41) is 3.06. The molecule has 2 saturated heterocycles. The fourth-order valence-corrected chi connectivity index (χ4v) is 4.38. The van der Waals surface area contributed by atoms with Crippen LogP contribution in [-0.2, 0) is 19.6 Å². The van der Waals surface area contributed by atoms with Gasteiger partial charge < -0.3 is 15.0 Å². The first kappa shape index (κ1) is 21.0. The Labute approximate surface area is 156 Å². The van der Waals surface area contributed by atoms with E-state index in [0.717, 1.165) is 16.4 Å². The second-order valence-electron chi connectivity index (χ2n) is 5.89. The van der Waals surface area contributed by atoms with E-state index in [9.17, 15) is 22.0 Å². The van der Waals surface area contributed by atoms with Crippen LogP contribution in [0.15, 0.2) is 23.1 Å². The lowest BCUT2D eigenvalue weighted by molar-refractivity contribution is -0.137. The van der Waals surface area contributed by atoms with Crippen LogP contribution in [0.4, 0.5) is 8.78 Å². The zero-order chi connectivity index (χ0) is 18.0. The number of ether oxygens (including phenoxy) is 1. The minimum absolute atomic E-state index is 0. The Morgan fingerprint density at radius 1 is 1.19 bits per heavy atom. The van der Waals surface area contributed by atoms with Gasteiger partial charge in [0.1, 0.15) is 22.6 Å². The van der Waals surface area contributed by atoms with Crippen LogP contribution in [0.25, 0.3) is 0 Å². The summed E-state index contributed by atoms with van der Waals surface area (Å²) in [4.78, 5) is 13.4. The maximum absolute atomic E-state index is 13.8. The Bertz CT molecular complexity index is 751. The number of amides is 1. The Balaban J connectivity index is 0.00000243. The van der Waals surface area contributed by atoms with Gasteiger partial charge in [-0.25, -0.2) is 17.2 Å². The highest BCUT2D eigenvalue weighted by atomic mass is 35.5. The molecule has 1 atom stereocenters. The number of hydrogen-bond acceptors (Lipinski definition) is 5. The molecule has 3 rings (SSSR count). The first-order valence-corrected chi connectivity index (χ1v) is 9.39. The van der Waals surface area contributed by atoms with Gasteiger partial charge in [-0.05, 0) is 12.1 Å². The molecule has 1 N–H and O–H groups in total. The number of halogens is 3. The lowest BCUT2D eigenvalue weighted by Gasteiger charge is -2.36. The average molecular weight is 412 g/mol. The third kappa shape index (κ3) is 4.32. The van der Waals surface area contributed by atoms with E-state index in [1.807, 2.05) is 0 Å². The van der Waals surface area contributed by atoms with E-state index in [4.69, 9.17) is 4.74 Å². The molecular formula is C15H20ClF2N3O4S. The Morgan fingerprint density at radius 2 is 1.88 bits per heavy atom. The van der Waals surface area contributed by atoms with Crippen LogP contribution >= 0.6 is 12.4 Å². The van der Waals surface area contributed by atoms with E-state index in [2.05, 4.69) is 5.32 Å². The van der Waals surface area contributed by atoms with Crippen molar-refractivity contribution in [3.05, 3.63) is 29.8 Å². The molecule has 0 spiro atoms. The number of nitrogens with one attached hydrogen (secondary N) is 1. The number of carbonyl (C=O) groups is 1. The van der Waals surface area contributed by atoms with Gasteiger partial charge in [-0.2, -0.15) is 4.31 Å². The molecule has 2 fully saturated rings. The quantitative estimate of drug-likeness (QED) is 0.769. The number of hydrogen-bond donors (Lipinski definition) is 1. The van der Waals surface area contributed by atoms with E-state index in [-0.39, 0.29) is 51.1 Å². The first-order valence-electron chi connectivity index (χ1n) is 7.95. The van der Waals surface area contributed by atoms with Crippen molar-refractivity contribution in [2.75, 3.05) is 45.9 Å². The summed E-state index contributed by atoms with van der Waals surface area (Å²) in [7, 11) is -4.07. The molecule has 0 aromatic heterocycles. The van der Waals surface area contributed by atoms with Crippen LogP contribution in [0, 0.1) is 11.6 Å². The SMILES string of the molecule is Cl.O=C(C1COCCN1)N1CCN(S(=O)(=O)c2ccc(F)cc2F)CC1. The van der Waals surface area contributed by atoms with Crippen molar-refractivity contribution in [1.29, 1.82) is 0 Å². The van der Waals surface area contributed by atoms with Gasteiger partial charge in [0.05, 0.1) is 13.2 Å². The van der Waals surface area contributed by atoms with E-state index in [1.54, 1.807) is 4.90 Å². The van der Waals surface area contributed by atoms with Gasteiger partial charge >= 0.3 is 0 Å². The maximum Gasteiger partial charge on any atom is 0.246 e. The van der Waals surface area contributed by atoms with Crippen molar-refractivity contribution < 1.29 is 26.7 Å². The van der Waals surface area contributed by atoms with E-state index >= 15 is 0 Å². The molecule has 26 heavy (non-hydrogen) atoms. The number of piperazine rings is 1. The highest BCUT2D eigenvalue weighted by molar-refractivity contribution is 7.89. The topological polar surface area (TPSA) is 79.0 Å². The van der Waals surface area contributed by atoms with Crippen molar-refractivity contribution in [2.45, 2.75) is 10.9 Å². The number of carbonyl (C=O) groups excluding carboxylic acids is 1. The highest BCUT2D eigenvalue weighted by Gasteiger charge is 2.34. The zero-order valence-electron chi connectivity index (χ0n) is 13.9. The molecule has 0 bridgehead atoms. The summed E-state index contributed by atoms with van der Waals surface area (Å²) in [5.74, 6) is -2.10. The molecule has 0 radical (unpaired) electrons. The molecule has 146 valence electrons. The fraction of sp³-hybridized carbons (Fsp3) is 0.533. The van der Waals surface area contributed by atoms with Crippen LogP contribution in [0.3, 0.4) is 0 Å². The minimum Gasteiger partial charge on any atom is -0.378 e. The van der Waals surface area contributed by atoms with Crippen LogP contribution in [-0.4, -0.2) is 75.5 Å². The van der Waals surface area contributed by atoms with Gasteiger partial charge in [-0.1, -0.05) is 0 Å². The van der Waals surface area contributed by atoms with Gasteiger partial charge in [0.2, 0.25) is 15.9 Å². The number of benzene rings is 1. The molecule has 1 aromatic rings. The summed E-state index contributed by atoms with van der Waals surface area (Å²) in [6, 6.07) is 1.94. The molecule has 2 heterocycles. The number of rotatable bonds is 3. The van der Waals surface area contributed by atoms with Crippen LogP contribution in [0.1, 0.15) is 0 Å². The molecular weight excluding hydrogens is 392 g/mol. The second-order valence-corrected chi connectivity index (χ2v) is 7.79. The summed E-state index contributed by atoms with van der Waals surface area (Å²) >= 11 is 0. The molecule has 0 saturated carbocycles. The molecule has 1 aromatic carbocycles. The second kappa shape index (κ2) is 8.57. The third-order valence-electron chi connectivity index (χ3n) is 4.28. The lowest BCUT2D eigenvalue weighted by Crippen LogP contribution is -2.57. The Hall–Kier alpha value is -1.33. The first-order chi connectivity index (χ1) is 11.9. The molecule has 0 aliphatic carbocycles. The van der Waals surface area contributed by atoms with E-state index in [1.165, 1.54) is 0 Å². The Kier molecular flexibility index (Phi) is 6.92. The smallest absolute Gasteiger partial charge is 0.246 e. The van der Waals surface area contributed by atoms with Gasteiger partial charge in [-0.15, -0.1) is 12.4 Å².